The number of hydrogen-bond donors (Lipinski definition) is 1. The highest BCUT2D eigenvalue weighted by molar-refractivity contribution is 5.43. The third-order valence-electron chi connectivity index (χ3n) is 3.80. The van der Waals surface area contributed by atoms with Crippen molar-refractivity contribution in [3.05, 3.63) is 42.7 Å². The lowest BCUT2D eigenvalue weighted by atomic mass is 10.0. The van der Waals surface area contributed by atoms with Crippen LogP contribution < -0.4 is 5.32 Å². The molecule has 0 saturated heterocycles. The first kappa shape index (κ1) is 11.3. The molecule has 2 aromatic rings. The minimum atomic E-state index is 0.206. The fourth-order valence-electron chi connectivity index (χ4n) is 2.74. The van der Waals surface area contributed by atoms with Crippen LogP contribution in [0.25, 0.3) is 5.69 Å². The van der Waals surface area contributed by atoms with Crippen molar-refractivity contribution in [3.8, 4) is 5.69 Å². The van der Waals surface area contributed by atoms with Gasteiger partial charge in [-0.15, -0.1) is 0 Å². The van der Waals surface area contributed by atoms with Gasteiger partial charge in [0.2, 0.25) is 5.95 Å². The number of anilines is 1. The lowest BCUT2D eigenvalue weighted by Crippen LogP contribution is -2.32. The van der Waals surface area contributed by atoms with Crippen LogP contribution >= 0.6 is 0 Å². The molecular formula is C15H19N3. The normalized spacial score (nSPS) is 17.8. The largest absolute Gasteiger partial charge is 0.350 e. The average Bonchev–Trinajstić information content (AvgIpc) is 3.00. The minimum absolute atomic E-state index is 0.206. The van der Waals surface area contributed by atoms with Gasteiger partial charge in [-0.25, -0.2) is 4.98 Å². The second-order valence-corrected chi connectivity index (χ2v) is 5.35. The van der Waals surface area contributed by atoms with Crippen LogP contribution in [0, 0.1) is 0 Å². The molecule has 3 heteroatoms. The van der Waals surface area contributed by atoms with Crippen molar-refractivity contribution in [2.24, 2.45) is 0 Å². The van der Waals surface area contributed by atoms with Gasteiger partial charge in [0.05, 0.1) is 0 Å². The van der Waals surface area contributed by atoms with Crippen LogP contribution in [0.15, 0.2) is 42.7 Å². The third kappa shape index (κ3) is 2.13. The van der Waals surface area contributed by atoms with Crippen molar-refractivity contribution in [3.63, 3.8) is 0 Å². The van der Waals surface area contributed by atoms with E-state index < -0.39 is 0 Å². The maximum atomic E-state index is 4.45. The van der Waals surface area contributed by atoms with Crippen LogP contribution in [0.3, 0.4) is 0 Å². The van der Waals surface area contributed by atoms with Crippen molar-refractivity contribution in [2.75, 3.05) is 5.32 Å². The quantitative estimate of drug-likeness (QED) is 0.889. The van der Waals surface area contributed by atoms with Crippen molar-refractivity contribution in [2.45, 2.75) is 38.1 Å². The van der Waals surface area contributed by atoms with E-state index in [4.69, 9.17) is 0 Å². The monoisotopic (exact) mass is 241 g/mol. The maximum absolute atomic E-state index is 4.45. The molecule has 1 N–H and O–H groups in total. The van der Waals surface area contributed by atoms with Gasteiger partial charge in [-0.2, -0.15) is 0 Å². The molecule has 0 spiro atoms. The van der Waals surface area contributed by atoms with E-state index in [1.807, 2.05) is 18.5 Å². The smallest absolute Gasteiger partial charge is 0.207 e. The average molecular weight is 241 g/mol. The van der Waals surface area contributed by atoms with E-state index in [0.717, 1.165) is 11.6 Å². The van der Waals surface area contributed by atoms with Crippen LogP contribution in [0.5, 0.6) is 0 Å². The molecular weight excluding hydrogens is 222 g/mol. The Balaban J connectivity index is 1.88. The number of para-hydroxylation sites is 1. The predicted octanol–water partition coefficient (Wildman–Crippen LogP) is 3.62. The molecule has 1 aromatic heterocycles. The van der Waals surface area contributed by atoms with Gasteiger partial charge in [-0.05, 0) is 31.9 Å². The molecule has 1 aliphatic carbocycles. The van der Waals surface area contributed by atoms with Crippen LogP contribution in [-0.4, -0.2) is 15.1 Å². The van der Waals surface area contributed by atoms with Crippen molar-refractivity contribution >= 4 is 5.95 Å². The summed E-state index contributed by atoms with van der Waals surface area (Å²) in [6.07, 6.45) is 8.96. The first-order chi connectivity index (χ1) is 8.77. The van der Waals surface area contributed by atoms with Crippen LogP contribution in [0.4, 0.5) is 5.95 Å². The van der Waals surface area contributed by atoms with E-state index >= 15 is 0 Å². The molecule has 0 atom stereocenters. The second kappa shape index (κ2) is 4.48. The van der Waals surface area contributed by atoms with E-state index in [1.54, 1.807) is 0 Å². The number of nitrogens with one attached hydrogen (secondary N) is 1. The standard InChI is InChI=1S/C15H19N3/c1-15(9-5-6-10-15)17-14-16-11-12-18(14)13-7-3-2-4-8-13/h2-4,7-8,11-12H,5-6,9-10H2,1H3,(H,16,17). The number of rotatable bonds is 3. The van der Waals surface area contributed by atoms with Crippen molar-refractivity contribution in [1.82, 2.24) is 9.55 Å². The van der Waals surface area contributed by atoms with Gasteiger partial charge in [0, 0.05) is 23.6 Å². The lowest BCUT2D eigenvalue weighted by molar-refractivity contribution is 0.527. The molecule has 1 aliphatic rings. The first-order valence-electron chi connectivity index (χ1n) is 6.64. The molecule has 1 aromatic carbocycles. The number of aromatic nitrogens is 2. The number of hydrogen-bond acceptors (Lipinski definition) is 2. The van der Waals surface area contributed by atoms with Gasteiger partial charge in [0.25, 0.3) is 0 Å². The second-order valence-electron chi connectivity index (χ2n) is 5.35. The topological polar surface area (TPSA) is 29.9 Å². The van der Waals surface area contributed by atoms with E-state index in [9.17, 15) is 0 Å². The Bertz CT molecular complexity index is 510. The molecule has 18 heavy (non-hydrogen) atoms. The highest BCUT2D eigenvalue weighted by Crippen LogP contribution is 2.32. The number of benzene rings is 1. The van der Waals surface area contributed by atoms with E-state index in [2.05, 4.69) is 46.1 Å². The summed E-state index contributed by atoms with van der Waals surface area (Å²) >= 11 is 0. The molecule has 1 fully saturated rings. The van der Waals surface area contributed by atoms with Crippen molar-refractivity contribution in [1.29, 1.82) is 0 Å². The summed E-state index contributed by atoms with van der Waals surface area (Å²) in [5, 5.41) is 3.62. The van der Waals surface area contributed by atoms with Gasteiger partial charge in [0.1, 0.15) is 0 Å². The fraction of sp³-hybridized carbons (Fsp3) is 0.400. The van der Waals surface area contributed by atoms with Crippen LogP contribution in [0.2, 0.25) is 0 Å². The predicted molar refractivity (Wildman–Crippen MR) is 74.1 cm³/mol. The van der Waals surface area contributed by atoms with Crippen molar-refractivity contribution < 1.29 is 0 Å². The highest BCUT2D eigenvalue weighted by atomic mass is 15.2. The Labute approximate surface area is 108 Å². The summed E-state index contributed by atoms with van der Waals surface area (Å²) in [5.74, 6) is 0.950. The highest BCUT2D eigenvalue weighted by Gasteiger charge is 2.29. The molecule has 0 unspecified atom stereocenters. The Morgan fingerprint density at radius 2 is 1.89 bits per heavy atom. The Morgan fingerprint density at radius 3 is 2.61 bits per heavy atom. The SMILES string of the molecule is CC1(Nc2nccn2-c2ccccc2)CCCC1. The molecule has 1 heterocycles. The fourth-order valence-corrected chi connectivity index (χ4v) is 2.74. The molecule has 0 bridgehead atoms. The summed E-state index contributed by atoms with van der Waals surface area (Å²) in [6.45, 7) is 2.30. The Kier molecular flexibility index (Phi) is 2.82. The van der Waals surface area contributed by atoms with Crippen LogP contribution in [-0.2, 0) is 0 Å². The summed E-state index contributed by atoms with van der Waals surface area (Å²) < 4.78 is 2.11. The first-order valence-corrected chi connectivity index (χ1v) is 6.64. The summed E-state index contributed by atoms with van der Waals surface area (Å²) in [6, 6.07) is 10.3. The van der Waals surface area contributed by atoms with Crippen LogP contribution in [0.1, 0.15) is 32.6 Å². The number of imidazole rings is 1. The zero-order valence-electron chi connectivity index (χ0n) is 10.8. The summed E-state index contributed by atoms with van der Waals surface area (Å²) in [4.78, 5) is 4.45. The molecule has 1 saturated carbocycles. The zero-order chi connectivity index (χ0) is 12.4. The van der Waals surface area contributed by atoms with E-state index in [-0.39, 0.29) is 5.54 Å². The molecule has 3 nitrogen and oxygen atoms in total. The third-order valence-corrected chi connectivity index (χ3v) is 3.80. The zero-order valence-corrected chi connectivity index (χ0v) is 10.8. The molecule has 0 radical (unpaired) electrons. The number of nitrogens with zero attached hydrogens (tertiary/aromatic N) is 2. The van der Waals surface area contributed by atoms with Gasteiger partial charge in [0.15, 0.2) is 0 Å². The minimum Gasteiger partial charge on any atom is -0.350 e. The summed E-state index contributed by atoms with van der Waals surface area (Å²) in [5.41, 5.74) is 1.36. The van der Waals surface area contributed by atoms with E-state index in [0.29, 0.717) is 0 Å². The lowest BCUT2D eigenvalue weighted by Gasteiger charge is -2.26. The van der Waals surface area contributed by atoms with Gasteiger partial charge in [-0.3, -0.25) is 4.57 Å². The molecule has 0 amide bonds. The molecule has 3 rings (SSSR count). The molecule has 94 valence electrons. The van der Waals surface area contributed by atoms with E-state index in [1.165, 1.54) is 25.7 Å². The van der Waals surface area contributed by atoms with Gasteiger partial charge in [-0.1, -0.05) is 31.0 Å². The van der Waals surface area contributed by atoms with Gasteiger partial charge < -0.3 is 5.32 Å². The van der Waals surface area contributed by atoms with Gasteiger partial charge >= 0.3 is 0 Å². The Hall–Kier alpha value is -1.77. The molecule has 0 aliphatic heterocycles. The summed E-state index contributed by atoms with van der Waals surface area (Å²) in [7, 11) is 0. The maximum Gasteiger partial charge on any atom is 0.207 e. The Morgan fingerprint density at radius 1 is 1.17 bits per heavy atom.